The molecular formula is C21H25N3O4S. The molecule has 29 heavy (non-hydrogen) atoms. The summed E-state index contributed by atoms with van der Waals surface area (Å²) in [5.41, 5.74) is 8.06. The van der Waals surface area contributed by atoms with E-state index in [0.29, 0.717) is 27.5 Å². The molecule has 0 saturated carbocycles. The molecule has 0 spiro atoms. The summed E-state index contributed by atoms with van der Waals surface area (Å²) in [7, 11) is 3.29. The lowest BCUT2D eigenvalue weighted by atomic mass is 10.0. The highest BCUT2D eigenvalue weighted by molar-refractivity contribution is 7.18. The largest absolute Gasteiger partial charge is 0.497 e. The molecule has 1 aromatic carbocycles. The maximum Gasteiger partial charge on any atom is 0.348 e. The van der Waals surface area contributed by atoms with Crippen LogP contribution in [0.15, 0.2) is 18.2 Å². The molecule has 2 heterocycles. The molecule has 0 unspecified atom stereocenters. The van der Waals surface area contributed by atoms with Crippen LogP contribution in [0.1, 0.15) is 52.2 Å². The van der Waals surface area contributed by atoms with E-state index in [2.05, 4.69) is 11.0 Å². The van der Waals surface area contributed by atoms with Gasteiger partial charge in [0.05, 0.1) is 26.4 Å². The molecule has 1 atom stereocenters. The predicted octanol–water partition coefficient (Wildman–Crippen LogP) is 3.73. The molecule has 1 aliphatic heterocycles. The van der Waals surface area contributed by atoms with Crippen molar-refractivity contribution >= 4 is 22.3 Å². The minimum Gasteiger partial charge on any atom is -0.497 e. The van der Waals surface area contributed by atoms with Gasteiger partial charge in [-0.1, -0.05) is 0 Å². The molecule has 0 bridgehead atoms. The smallest absolute Gasteiger partial charge is 0.348 e. The monoisotopic (exact) mass is 415 g/mol. The van der Waals surface area contributed by atoms with E-state index in [9.17, 15) is 10.1 Å². The van der Waals surface area contributed by atoms with Gasteiger partial charge in [0, 0.05) is 23.7 Å². The van der Waals surface area contributed by atoms with E-state index in [0.717, 1.165) is 47.8 Å². The van der Waals surface area contributed by atoms with E-state index in [4.69, 9.17) is 19.9 Å². The van der Waals surface area contributed by atoms with Gasteiger partial charge in [-0.25, -0.2) is 4.79 Å². The van der Waals surface area contributed by atoms with E-state index >= 15 is 0 Å². The first kappa shape index (κ1) is 21.0. The number of benzene rings is 1. The fourth-order valence-corrected chi connectivity index (χ4v) is 4.71. The van der Waals surface area contributed by atoms with Crippen LogP contribution in [0.5, 0.6) is 11.5 Å². The minimum absolute atomic E-state index is 0.0859. The Morgan fingerprint density at radius 3 is 2.83 bits per heavy atom. The number of carbonyl (C=O) groups excluding carboxylic acids is 1. The second-order valence-corrected chi connectivity index (χ2v) is 7.77. The lowest BCUT2D eigenvalue weighted by Crippen LogP contribution is -2.24. The van der Waals surface area contributed by atoms with E-state index in [1.165, 1.54) is 0 Å². The van der Waals surface area contributed by atoms with Crippen molar-refractivity contribution in [2.75, 3.05) is 33.1 Å². The molecule has 7 nitrogen and oxygen atoms in total. The first-order chi connectivity index (χ1) is 14.0. The Morgan fingerprint density at radius 1 is 1.38 bits per heavy atom. The zero-order chi connectivity index (χ0) is 21.0. The number of carbonyl (C=O) groups is 1. The number of hydrogen-bond donors (Lipinski definition) is 1. The molecular weight excluding hydrogens is 390 g/mol. The molecule has 2 N–H and O–H groups in total. The summed E-state index contributed by atoms with van der Waals surface area (Å²) in [6.45, 7) is 3.31. The molecule has 0 aliphatic carbocycles. The Morgan fingerprint density at radius 2 is 2.17 bits per heavy atom. The molecule has 1 aromatic heterocycles. The SMILES string of the molecule is CCOC(=O)c1sc(N)c(C#N)c1CN1CCC[C@@H]1c1cc(OC)ccc1OC. The van der Waals surface area contributed by atoms with Crippen LogP contribution >= 0.6 is 11.3 Å². The van der Waals surface area contributed by atoms with Crippen LogP contribution in [0.4, 0.5) is 5.00 Å². The standard InChI is InChI=1S/C21H25N3O4S/c1-4-28-21(25)19-16(15(11-22)20(23)29-19)12-24-9-5-6-17(24)14-10-13(26-2)7-8-18(14)27-3/h7-8,10,17H,4-6,9,12,23H2,1-3H3/t17-/m1/s1. The highest BCUT2D eigenvalue weighted by Crippen LogP contribution is 2.41. The number of nitrogen functional groups attached to an aromatic ring is 1. The van der Waals surface area contributed by atoms with Gasteiger partial charge in [0.1, 0.15) is 27.4 Å². The second-order valence-electron chi connectivity index (χ2n) is 6.72. The average molecular weight is 416 g/mol. The average Bonchev–Trinajstić information content (AvgIpc) is 3.31. The number of nitrogens with two attached hydrogens (primary N) is 1. The number of methoxy groups -OCH3 is 2. The fourth-order valence-electron chi connectivity index (χ4n) is 3.79. The van der Waals surface area contributed by atoms with E-state index < -0.39 is 5.97 Å². The Balaban J connectivity index is 1.97. The summed E-state index contributed by atoms with van der Waals surface area (Å²) in [5.74, 6) is 1.12. The van der Waals surface area contributed by atoms with E-state index in [1.54, 1.807) is 21.1 Å². The van der Waals surface area contributed by atoms with Gasteiger partial charge in [-0.15, -0.1) is 11.3 Å². The van der Waals surface area contributed by atoms with Gasteiger partial charge in [-0.3, -0.25) is 4.90 Å². The van der Waals surface area contributed by atoms with Gasteiger partial charge in [0.2, 0.25) is 0 Å². The molecule has 1 saturated heterocycles. The van der Waals surface area contributed by atoms with Crippen molar-refractivity contribution < 1.29 is 19.0 Å². The van der Waals surface area contributed by atoms with Crippen molar-refractivity contribution in [1.82, 2.24) is 4.90 Å². The van der Waals surface area contributed by atoms with Crippen LogP contribution in [-0.2, 0) is 11.3 Å². The summed E-state index contributed by atoms with van der Waals surface area (Å²) >= 11 is 1.12. The van der Waals surface area contributed by atoms with Gasteiger partial charge in [0.15, 0.2) is 0 Å². The molecule has 154 valence electrons. The second kappa shape index (κ2) is 9.16. The molecule has 0 radical (unpaired) electrons. The number of nitriles is 1. The third-order valence-electron chi connectivity index (χ3n) is 5.13. The molecule has 1 aliphatic rings. The summed E-state index contributed by atoms with van der Waals surface area (Å²) in [5, 5.41) is 9.95. The number of rotatable bonds is 7. The first-order valence-electron chi connectivity index (χ1n) is 9.48. The Labute approximate surface area is 174 Å². The van der Waals surface area contributed by atoms with Gasteiger partial charge in [-0.2, -0.15) is 5.26 Å². The molecule has 1 fully saturated rings. The third-order valence-corrected chi connectivity index (χ3v) is 6.17. The van der Waals surface area contributed by atoms with Gasteiger partial charge in [0.25, 0.3) is 0 Å². The molecule has 0 amide bonds. The predicted molar refractivity (Wildman–Crippen MR) is 111 cm³/mol. The van der Waals surface area contributed by atoms with Crippen LogP contribution in [0.25, 0.3) is 0 Å². The highest BCUT2D eigenvalue weighted by atomic mass is 32.1. The highest BCUT2D eigenvalue weighted by Gasteiger charge is 2.32. The first-order valence-corrected chi connectivity index (χ1v) is 10.3. The van der Waals surface area contributed by atoms with Crippen LogP contribution in [-0.4, -0.2) is 38.2 Å². The van der Waals surface area contributed by atoms with Crippen molar-refractivity contribution in [2.45, 2.75) is 32.4 Å². The Kier molecular flexibility index (Phi) is 6.62. The van der Waals surface area contributed by atoms with Gasteiger partial charge < -0.3 is 19.9 Å². The molecule has 2 aromatic rings. The van der Waals surface area contributed by atoms with E-state index in [1.807, 2.05) is 18.2 Å². The zero-order valence-electron chi connectivity index (χ0n) is 16.9. The number of likely N-dealkylation sites (tertiary alicyclic amines) is 1. The fraction of sp³-hybridized carbons (Fsp3) is 0.429. The number of thiophene rings is 1. The van der Waals surface area contributed by atoms with Crippen molar-refractivity contribution in [2.24, 2.45) is 0 Å². The van der Waals surface area contributed by atoms with Crippen molar-refractivity contribution in [3.05, 3.63) is 39.8 Å². The van der Waals surface area contributed by atoms with Crippen molar-refractivity contribution in [1.29, 1.82) is 5.26 Å². The summed E-state index contributed by atoms with van der Waals surface area (Å²) in [6.07, 6.45) is 1.95. The van der Waals surface area contributed by atoms with Crippen LogP contribution < -0.4 is 15.2 Å². The van der Waals surface area contributed by atoms with Gasteiger partial charge >= 0.3 is 5.97 Å². The maximum absolute atomic E-state index is 12.4. The summed E-state index contributed by atoms with van der Waals surface area (Å²) < 4.78 is 16.1. The molecule has 3 rings (SSSR count). The topological polar surface area (TPSA) is 97.8 Å². The maximum atomic E-state index is 12.4. The van der Waals surface area contributed by atoms with Crippen molar-refractivity contribution in [3.8, 4) is 17.6 Å². The van der Waals surface area contributed by atoms with Crippen LogP contribution in [0.2, 0.25) is 0 Å². The quantitative estimate of drug-likeness (QED) is 0.688. The Hall–Kier alpha value is -2.76. The minimum atomic E-state index is -0.435. The van der Waals surface area contributed by atoms with Crippen molar-refractivity contribution in [3.63, 3.8) is 0 Å². The van der Waals surface area contributed by atoms with Gasteiger partial charge in [-0.05, 0) is 44.5 Å². The summed E-state index contributed by atoms with van der Waals surface area (Å²) in [4.78, 5) is 15.1. The number of anilines is 1. The Bertz CT molecular complexity index is 935. The van der Waals surface area contributed by atoms with E-state index in [-0.39, 0.29) is 12.6 Å². The summed E-state index contributed by atoms with van der Waals surface area (Å²) in [6, 6.07) is 8.00. The van der Waals surface area contributed by atoms with Crippen LogP contribution in [0.3, 0.4) is 0 Å². The number of nitrogens with zero attached hydrogens (tertiary/aromatic N) is 2. The zero-order valence-corrected chi connectivity index (χ0v) is 17.7. The van der Waals surface area contributed by atoms with Crippen LogP contribution in [0, 0.1) is 11.3 Å². The lowest BCUT2D eigenvalue weighted by molar-refractivity contribution is 0.0529. The number of hydrogen-bond acceptors (Lipinski definition) is 8. The normalized spacial score (nSPS) is 16.4. The number of esters is 1. The third kappa shape index (κ3) is 4.16. The molecule has 8 heteroatoms. The lowest BCUT2D eigenvalue weighted by Gasteiger charge is -2.26. The number of ether oxygens (including phenoxy) is 3.